The van der Waals surface area contributed by atoms with Crippen LogP contribution in [0.4, 0.5) is 0 Å². The normalized spacial score (nSPS) is 12.6. The first-order chi connectivity index (χ1) is 9.78. The molecule has 110 valence electrons. The van der Waals surface area contributed by atoms with Crippen LogP contribution in [0.25, 0.3) is 0 Å². The van der Waals surface area contributed by atoms with E-state index in [0.717, 1.165) is 31.7 Å². The van der Waals surface area contributed by atoms with Gasteiger partial charge in [0.2, 0.25) is 0 Å². The van der Waals surface area contributed by atoms with E-state index >= 15 is 0 Å². The smallest absolute Gasteiger partial charge is 0.129 e. The maximum Gasteiger partial charge on any atom is 0.129 e. The highest BCUT2D eigenvalue weighted by Crippen LogP contribution is 2.30. The highest BCUT2D eigenvalue weighted by Gasteiger charge is 2.17. The van der Waals surface area contributed by atoms with Gasteiger partial charge >= 0.3 is 0 Å². The molecule has 0 saturated heterocycles. The second-order valence-electron chi connectivity index (χ2n) is 4.81. The Bertz CT molecular complexity index is 521. The monoisotopic (exact) mass is 293 g/mol. The van der Waals surface area contributed by atoms with Gasteiger partial charge in [0.15, 0.2) is 0 Å². The van der Waals surface area contributed by atoms with Crippen molar-refractivity contribution in [3.8, 4) is 5.75 Å². The van der Waals surface area contributed by atoms with E-state index in [0.29, 0.717) is 0 Å². The second kappa shape index (κ2) is 7.45. The molecule has 0 aliphatic carbocycles. The van der Waals surface area contributed by atoms with Crippen molar-refractivity contribution in [2.24, 2.45) is 0 Å². The Balaban J connectivity index is 2.21. The molecule has 0 radical (unpaired) electrons. The Morgan fingerprint density at radius 3 is 2.90 bits per heavy atom. The number of aryl methyl sites for hydroxylation is 1. The summed E-state index contributed by atoms with van der Waals surface area (Å²) in [5.74, 6) is 0.925. The van der Waals surface area contributed by atoms with Crippen LogP contribution in [0.15, 0.2) is 23.8 Å². The zero-order valence-corrected chi connectivity index (χ0v) is 13.2. The summed E-state index contributed by atoms with van der Waals surface area (Å²) in [6, 6.07) is 2.31. The minimum Gasteiger partial charge on any atom is -0.496 e. The molecule has 0 aromatic carbocycles. The number of thiophene rings is 1. The minimum atomic E-state index is 0.203. The highest BCUT2D eigenvalue weighted by molar-refractivity contribution is 7.10. The van der Waals surface area contributed by atoms with Gasteiger partial charge in [-0.1, -0.05) is 13.8 Å². The number of nitrogens with zero attached hydrogens (tertiary/aromatic N) is 2. The minimum absolute atomic E-state index is 0.203. The first kappa shape index (κ1) is 15.1. The van der Waals surface area contributed by atoms with Crippen molar-refractivity contribution < 1.29 is 4.74 Å². The standard InChI is InChI=1S/C15H23N3OS/c1-4-6-16-15(14-8-13(19-3)11-20-14)12-9-17-18(10-12)7-5-2/h8-11,15-16H,4-7H2,1-3H3. The van der Waals surface area contributed by atoms with Crippen LogP contribution in [0.3, 0.4) is 0 Å². The van der Waals surface area contributed by atoms with E-state index in [1.54, 1.807) is 18.4 Å². The van der Waals surface area contributed by atoms with Crippen LogP contribution in [0.2, 0.25) is 0 Å². The van der Waals surface area contributed by atoms with Crippen LogP contribution < -0.4 is 10.1 Å². The van der Waals surface area contributed by atoms with Crippen molar-refractivity contribution in [1.29, 1.82) is 0 Å². The van der Waals surface area contributed by atoms with E-state index in [-0.39, 0.29) is 6.04 Å². The van der Waals surface area contributed by atoms with Crippen molar-refractivity contribution in [3.63, 3.8) is 0 Å². The molecule has 20 heavy (non-hydrogen) atoms. The number of methoxy groups -OCH3 is 1. The third-order valence-electron chi connectivity index (χ3n) is 3.15. The molecular weight excluding hydrogens is 270 g/mol. The van der Waals surface area contributed by atoms with Gasteiger partial charge in [0.1, 0.15) is 5.75 Å². The summed E-state index contributed by atoms with van der Waals surface area (Å²) in [5, 5.41) is 10.1. The SMILES string of the molecule is CCCNC(c1cnn(CCC)c1)c1cc(OC)cs1. The molecule has 0 spiro atoms. The lowest BCUT2D eigenvalue weighted by atomic mass is 10.1. The molecule has 1 atom stereocenters. The van der Waals surface area contributed by atoms with Gasteiger partial charge in [-0.05, 0) is 25.5 Å². The van der Waals surface area contributed by atoms with Gasteiger partial charge in [0.25, 0.3) is 0 Å². The molecule has 0 bridgehead atoms. The lowest BCUT2D eigenvalue weighted by Gasteiger charge is -2.15. The van der Waals surface area contributed by atoms with Crippen LogP contribution in [0.5, 0.6) is 5.75 Å². The van der Waals surface area contributed by atoms with E-state index in [9.17, 15) is 0 Å². The van der Waals surface area contributed by atoms with Crippen LogP contribution in [-0.2, 0) is 6.54 Å². The summed E-state index contributed by atoms with van der Waals surface area (Å²) in [4.78, 5) is 1.27. The molecule has 5 heteroatoms. The molecule has 0 amide bonds. The topological polar surface area (TPSA) is 39.1 Å². The average Bonchev–Trinajstić information content (AvgIpc) is 3.09. The van der Waals surface area contributed by atoms with Gasteiger partial charge < -0.3 is 10.1 Å². The van der Waals surface area contributed by atoms with Gasteiger partial charge in [-0.25, -0.2) is 0 Å². The van der Waals surface area contributed by atoms with Crippen molar-refractivity contribution in [2.45, 2.75) is 39.3 Å². The molecule has 1 unspecified atom stereocenters. The fourth-order valence-electron chi connectivity index (χ4n) is 2.14. The van der Waals surface area contributed by atoms with Gasteiger partial charge in [0.05, 0.1) is 19.3 Å². The summed E-state index contributed by atoms with van der Waals surface area (Å²) < 4.78 is 7.31. The van der Waals surface area contributed by atoms with Gasteiger partial charge in [-0.15, -0.1) is 11.3 Å². The summed E-state index contributed by atoms with van der Waals surface area (Å²) in [5.41, 5.74) is 1.22. The number of hydrogen-bond acceptors (Lipinski definition) is 4. The number of ether oxygens (including phenoxy) is 1. The van der Waals surface area contributed by atoms with E-state index in [1.807, 2.05) is 16.3 Å². The molecule has 1 N–H and O–H groups in total. The van der Waals surface area contributed by atoms with Crippen LogP contribution in [-0.4, -0.2) is 23.4 Å². The lowest BCUT2D eigenvalue weighted by molar-refractivity contribution is 0.416. The second-order valence-corrected chi connectivity index (χ2v) is 5.76. The van der Waals surface area contributed by atoms with Crippen molar-refractivity contribution in [1.82, 2.24) is 15.1 Å². The van der Waals surface area contributed by atoms with Crippen molar-refractivity contribution in [2.75, 3.05) is 13.7 Å². The molecule has 0 fully saturated rings. The number of aromatic nitrogens is 2. The van der Waals surface area contributed by atoms with E-state index in [1.165, 1.54) is 10.4 Å². The zero-order chi connectivity index (χ0) is 14.4. The quantitative estimate of drug-likeness (QED) is 0.810. The van der Waals surface area contributed by atoms with Crippen LogP contribution in [0, 0.1) is 0 Å². The van der Waals surface area contributed by atoms with E-state index in [2.05, 4.69) is 36.5 Å². The van der Waals surface area contributed by atoms with Crippen LogP contribution in [0.1, 0.15) is 43.2 Å². The molecule has 0 aliphatic heterocycles. The Kier molecular flexibility index (Phi) is 5.61. The molecule has 4 nitrogen and oxygen atoms in total. The Morgan fingerprint density at radius 2 is 2.25 bits per heavy atom. The third-order valence-corrected chi connectivity index (χ3v) is 4.13. The van der Waals surface area contributed by atoms with Crippen LogP contribution >= 0.6 is 11.3 Å². The molecule has 2 heterocycles. The predicted octanol–water partition coefficient (Wildman–Crippen LogP) is 3.45. The predicted molar refractivity (Wildman–Crippen MR) is 83.5 cm³/mol. The number of hydrogen-bond donors (Lipinski definition) is 1. The number of rotatable bonds is 8. The van der Waals surface area contributed by atoms with E-state index in [4.69, 9.17) is 4.74 Å². The molecular formula is C15H23N3OS. The first-order valence-corrected chi connectivity index (χ1v) is 8.04. The zero-order valence-electron chi connectivity index (χ0n) is 12.4. The Morgan fingerprint density at radius 1 is 1.40 bits per heavy atom. The first-order valence-electron chi connectivity index (χ1n) is 7.16. The maximum atomic E-state index is 5.29. The summed E-state index contributed by atoms with van der Waals surface area (Å²) in [6.45, 7) is 6.30. The van der Waals surface area contributed by atoms with Gasteiger partial charge in [0, 0.05) is 28.6 Å². The van der Waals surface area contributed by atoms with Gasteiger partial charge in [-0.3, -0.25) is 4.68 Å². The largest absolute Gasteiger partial charge is 0.496 e. The average molecular weight is 293 g/mol. The number of nitrogens with one attached hydrogen (secondary N) is 1. The molecule has 2 aromatic rings. The highest BCUT2D eigenvalue weighted by atomic mass is 32.1. The lowest BCUT2D eigenvalue weighted by Crippen LogP contribution is -2.22. The molecule has 2 aromatic heterocycles. The molecule has 0 aliphatic rings. The summed E-state index contributed by atoms with van der Waals surface area (Å²) in [6.07, 6.45) is 6.32. The van der Waals surface area contributed by atoms with Gasteiger partial charge in [-0.2, -0.15) is 5.10 Å². The fraction of sp³-hybridized carbons (Fsp3) is 0.533. The Hall–Kier alpha value is -1.33. The summed E-state index contributed by atoms with van der Waals surface area (Å²) >= 11 is 1.73. The fourth-order valence-corrected chi connectivity index (χ4v) is 3.10. The third kappa shape index (κ3) is 3.61. The van der Waals surface area contributed by atoms with Crippen molar-refractivity contribution in [3.05, 3.63) is 34.3 Å². The Labute approximate surface area is 124 Å². The molecule has 2 rings (SSSR count). The summed E-state index contributed by atoms with van der Waals surface area (Å²) in [7, 11) is 1.71. The maximum absolute atomic E-state index is 5.29. The molecule has 0 saturated carbocycles. The van der Waals surface area contributed by atoms with E-state index < -0.39 is 0 Å². The van der Waals surface area contributed by atoms with Crippen molar-refractivity contribution >= 4 is 11.3 Å².